The Bertz CT molecular complexity index is 2000. The van der Waals surface area contributed by atoms with Crippen LogP contribution >= 0.6 is 15.8 Å². The third kappa shape index (κ3) is 5.35. The van der Waals surface area contributed by atoms with Crippen molar-refractivity contribution in [3.05, 3.63) is 194 Å². The molecule has 0 N–H and O–H groups in total. The van der Waals surface area contributed by atoms with Crippen LogP contribution in [0.3, 0.4) is 0 Å². The van der Waals surface area contributed by atoms with Crippen molar-refractivity contribution >= 4 is 69.2 Å². The van der Waals surface area contributed by atoms with Crippen LogP contribution in [0, 0.1) is 0 Å². The van der Waals surface area contributed by atoms with Crippen molar-refractivity contribution in [2.45, 2.75) is 0 Å². The third-order valence-corrected chi connectivity index (χ3v) is 13.7. The van der Waals surface area contributed by atoms with E-state index in [0.717, 1.165) is 0 Å². The van der Waals surface area contributed by atoms with Crippen LogP contribution in [0.15, 0.2) is 194 Å². The molecule has 8 aromatic carbocycles. The van der Waals surface area contributed by atoms with Crippen molar-refractivity contribution in [3.63, 3.8) is 0 Å². The van der Waals surface area contributed by atoms with Gasteiger partial charge in [-0.2, -0.15) is 0 Å². The monoisotopic (exact) mass is 622 g/mol. The van der Waals surface area contributed by atoms with Gasteiger partial charge in [0.15, 0.2) is 0 Å². The highest BCUT2D eigenvalue weighted by atomic mass is 31.1. The number of fused-ring (bicyclic) bond motifs is 2. The fourth-order valence-corrected chi connectivity index (χ4v) is 11.8. The molecule has 0 nitrogen and oxygen atoms in total. The zero-order valence-electron chi connectivity index (χ0n) is 25.4. The van der Waals surface area contributed by atoms with Gasteiger partial charge in [-0.05, 0) is 69.7 Å². The molecule has 0 spiro atoms. The van der Waals surface area contributed by atoms with Gasteiger partial charge in [0.2, 0.25) is 0 Å². The Morgan fingerprint density at radius 1 is 0.239 bits per heavy atom. The van der Waals surface area contributed by atoms with Gasteiger partial charge >= 0.3 is 0 Å². The summed E-state index contributed by atoms with van der Waals surface area (Å²) >= 11 is 0. The highest BCUT2D eigenvalue weighted by molar-refractivity contribution is 7.81. The average Bonchev–Trinajstić information content (AvgIpc) is 3.14. The van der Waals surface area contributed by atoms with Crippen molar-refractivity contribution in [3.8, 4) is 11.1 Å². The van der Waals surface area contributed by atoms with Crippen LogP contribution in [0.4, 0.5) is 0 Å². The molecule has 8 aromatic rings. The molecule has 0 atom stereocenters. The smallest absolute Gasteiger partial charge is 0.000618 e. The van der Waals surface area contributed by atoms with Crippen LogP contribution in [-0.2, 0) is 0 Å². The lowest BCUT2D eigenvalue weighted by atomic mass is 9.98. The molecular weight excluding hydrogens is 590 g/mol. The van der Waals surface area contributed by atoms with Crippen LogP contribution < -0.4 is 31.8 Å². The second-order valence-electron chi connectivity index (χ2n) is 11.4. The minimum Gasteiger partial charge on any atom is -0.0622 e. The van der Waals surface area contributed by atoms with Crippen molar-refractivity contribution in [2.24, 2.45) is 0 Å². The van der Waals surface area contributed by atoms with Crippen molar-refractivity contribution in [1.29, 1.82) is 0 Å². The minimum absolute atomic E-state index is 0.866. The normalized spacial score (nSPS) is 11.4. The van der Waals surface area contributed by atoms with Gasteiger partial charge in [-0.1, -0.05) is 194 Å². The van der Waals surface area contributed by atoms with E-state index in [-0.39, 0.29) is 0 Å². The summed E-state index contributed by atoms with van der Waals surface area (Å²) < 4.78 is 0. The topological polar surface area (TPSA) is 0 Å². The van der Waals surface area contributed by atoms with Crippen LogP contribution in [0.1, 0.15) is 0 Å². The molecule has 0 fully saturated rings. The molecule has 0 saturated heterocycles. The zero-order chi connectivity index (χ0) is 30.7. The van der Waals surface area contributed by atoms with Gasteiger partial charge < -0.3 is 0 Å². The van der Waals surface area contributed by atoms with E-state index in [0.29, 0.717) is 0 Å². The molecule has 0 aromatic heterocycles. The molecular formula is C44H32P2. The number of hydrogen-bond acceptors (Lipinski definition) is 0. The Kier molecular flexibility index (Phi) is 8.00. The SMILES string of the molecule is c1ccc(P(c2ccccc2)c2c(-c3ccc4ccccc4c3P(c3ccccc3)c3ccccc3)ccc3ccccc23)cc1. The largest absolute Gasteiger partial charge is 0.0622 e. The number of hydrogen-bond donors (Lipinski definition) is 0. The standard InChI is InChI=1S/C44H32P2/c1-5-19-35(20-6-1)45(36-21-7-2-8-22-36)43-39-27-15-13-17-33(39)29-31-41(43)42-32-30-34-18-14-16-28-40(34)44(42)46(37-23-9-3-10-24-37)38-25-11-4-12-26-38/h1-32H. The molecule has 0 aliphatic heterocycles. The lowest BCUT2D eigenvalue weighted by molar-refractivity contribution is 1.71. The van der Waals surface area contributed by atoms with E-state index >= 15 is 0 Å². The zero-order valence-corrected chi connectivity index (χ0v) is 27.2. The van der Waals surface area contributed by atoms with Gasteiger partial charge in [-0.25, -0.2) is 0 Å². The Morgan fingerprint density at radius 3 is 0.848 bits per heavy atom. The summed E-state index contributed by atoms with van der Waals surface area (Å²) in [5.41, 5.74) is 2.63. The summed E-state index contributed by atoms with van der Waals surface area (Å²) in [6.45, 7) is 0. The van der Waals surface area contributed by atoms with Gasteiger partial charge in [0.05, 0.1) is 0 Å². The van der Waals surface area contributed by atoms with Gasteiger partial charge in [0.25, 0.3) is 0 Å². The molecule has 2 heteroatoms. The minimum atomic E-state index is -0.866. The van der Waals surface area contributed by atoms with E-state index in [2.05, 4.69) is 194 Å². The first kappa shape index (κ1) is 28.6. The first-order chi connectivity index (χ1) is 22.9. The lowest BCUT2D eigenvalue weighted by Gasteiger charge is -2.28. The predicted octanol–water partition coefficient (Wildman–Crippen LogP) is 9.18. The van der Waals surface area contributed by atoms with E-state index in [9.17, 15) is 0 Å². The Hall–Kier alpha value is -4.86. The molecule has 0 amide bonds. The van der Waals surface area contributed by atoms with Gasteiger partial charge in [0.1, 0.15) is 0 Å². The van der Waals surface area contributed by atoms with E-state index in [1.165, 1.54) is 64.5 Å². The van der Waals surface area contributed by atoms with Gasteiger partial charge in [-0.3, -0.25) is 0 Å². The molecule has 0 aliphatic rings. The van der Waals surface area contributed by atoms with Crippen LogP contribution in [0.25, 0.3) is 32.7 Å². The van der Waals surface area contributed by atoms with E-state index in [1.807, 2.05) is 0 Å². The molecule has 0 saturated carbocycles. The van der Waals surface area contributed by atoms with E-state index in [4.69, 9.17) is 0 Å². The fourth-order valence-electron chi connectivity index (χ4n) is 6.55. The van der Waals surface area contributed by atoms with Crippen molar-refractivity contribution in [2.75, 3.05) is 0 Å². The molecule has 218 valence electrons. The van der Waals surface area contributed by atoms with E-state index in [1.54, 1.807) is 0 Å². The first-order valence-electron chi connectivity index (χ1n) is 15.7. The molecule has 8 rings (SSSR count). The summed E-state index contributed by atoms with van der Waals surface area (Å²) in [6.07, 6.45) is 0. The highest BCUT2D eigenvalue weighted by Gasteiger charge is 2.28. The second kappa shape index (κ2) is 12.9. The molecule has 0 bridgehead atoms. The maximum Gasteiger partial charge on any atom is 0.000618 e. The van der Waals surface area contributed by atoms with Gasteiger partial charge in [-0.15, -0.1) is 0 Å². The summed E-state index contributed by atoms with van der Waals surface area (Å²) in [4.78, 5) is 0. The first-order valence-corrected chi connectivity index (χ1v) is 18.4. The maximum absolute atomic E-state index is 2.40. The average molecular weight is 623 g/mol. The quantitative estimate of drug-likeness (QED) is 0.156. The second-order valence-corrected chi connectivity index (χ2v) is 15.7. The Morgan fingerprint density at radius 2 is 0.522 bits per heavy atom. The number of rotatable bonds is 7. The fraction of sp³-hybridized carbons (Fsp3) is 0. The van der Waals surface area contributed by atoms with Gasteiger partial charge in [0, 0.05) is 10.6 Å². The maximum atomic E-state index is 2.40. The molecule has 0 unspecified atom stereocenters. The summed E-state index contributed by atoms with van der Waals surface area (Å²) in [5.74, 6) is 0. The molecule has 0 aliphatic carbocycles. The predicted molar refractivity (Wildman–Crippen MR) is 204 cm³/mol. The Labute approximate surface area is 273 Å². The highest BCUT2D eigenvalue weighted by Crippen LogP contribution is 2.44. The number of benzene rings is 8. The molecule has 46 heavy (non-hydrogen) atoms. The van der Waals surface area contributed by atoms with E-state index < -0.39 is 15.8 Å². The third-order valence-electron chi connectivity index (χ3n) is 8.60. The van der Waals surface area contributed by atoms with Crippen LogP contribution in [0.2, 0.25) is 0 Å². The van der Waals surface area contributed by atoms with Crippen molar-refractivity contribution in [1.82, 2.24) is 0 Å². The summed E-state index contributed by atoms with van der Waals surface area (Å²) in [6, 6.07) is 71.8. The molecule has 0 heterocycles. The lowest BCUT2D eigenvalue weighted by Crippen LogP contribution is -2.26. The Balaban J connectivity index is 1.51. The summed E-state index contributed by atoms with van der Waals surface area (Å²) in [5, 5.41) is 13.5. The van der Waals surface area contributed by atoms with Crippen LogP contribution in [-0.4, -0.2) is 0 Å². The molecule has 0 radical (unpaired) electrons. The van der Waals surface area contributed by atoms with Crippen LogP contribution in [0.5, 0.6) is 0 Å². The van der Waals surface area contributed by atoms with Crippen molar-refractivity contribution < 1.29 is 0 Å². The summed E-state index contributed by atoms with van der Waals surface area (Å²) in [7, 11) is -1.73.